The summed E-state index contributed by atoms with van der Waals surface area (Å²) < 4.78 is 14.4. The van der Waals surface area contributed by atoms with E-state index in [1.165, 1.54) is 0 Å². The molecule has 0 spiro atoms. The zero-order chi connectivity index (χ0) is 10.6. The van der Waals surface area contributed by atoms with Gasteiger partial charge in [0.05, 0.1) is 0 Å². The van der Waals surface area contributed by atoms with Crippen LogP contribution in [0.25, 0.3) is 0 Å². The molecule has 0 radical (unpaired) electrons. The molecule has 0 bridgehead atoms. The Bertz CT molecular complexity index is 252. The minimum atomic E-state index is -0.695. The molecule has 0 saturated carbocycles. The fraction of sp³-hybridized carbons (Fsp3) is 0.556. The Kier molecular flexibility index (Phi) is 3.11. The average molecular weight is 199 g/mol. The van der Waals surface area contributed by atoms with E-state index in [4.69, 9.17) is 10.1 Å². The summed E-state index contributed by atoms with van der Waals surface area (Å²) in [5.41, 5.74) is -0.684. The number of carbonyl (C=O) groups is 1. The van der Waals surface area contributed by atoms with E-state index < -0.39 is 11.6 Å². The molecule has 0 aliphatic carbocycles. The zero-order valence-electron chi connectivity index (χ0n) is 8.04. The molecule has 0 aromatic rings. The predicted molar refractivity (Wildman–Crippen MR) is 49.3 cm³/mol. The molecular weight excluding hydrogens is 186 g/mol. The van der Waals surface area contributed by atoms with E-state index >= 15 is 0 Å². The number of rotatable bonds is 3. The van der Waals surface area contributed by atoms with Gasteiger partial charge in [0.2, 0.25) is 0 Å². The Morgan fingerprint density at radius 1 is 1.71 bits per heavy atom. The van der Waals surface area contributed by atoms with E-state index in [0.717, 1.165) is 0 Å². The van der Waals surface area contributed by atoms with Crippen LogP contribution in [0.15, 0.2) is 12.7 Å². The Morgan fingerprint density at radius 2 is 2.29 bits per heavy atom. The maximum Gasteiger partial charge on any atom is 0.508 e. The highest BCUT2D eigenvalue weighted by Crippen LogP contribution is 2.24. The fourth-order valence-corrected chi connectivity index (χ4v) is 0.967. The van der Waals surface area contributed by atoms with E-state index in [1.807, 2.05) is 0 Å². The van der Waals surface area contributed by atoms with Crippen molar-refractivity contribution in [1.29, 1.82) is 5.41 Å². The molecule has 5 heteroatoms. The standard InChI is InChI=1S/C9H13NO4/c1-3-4-12-7(10)9(2)5-13-8(11)14-6-9/h3,10H,1,4-6H2,2H3. The molecule has 1 aliphatic rings. The third-order valence-corrected chi connectivity index (χ3v) is 1.91. The first kappa shape index (κ1) is 10.6. The van der Waals surface area contributed by atoms with Gasteiger partial charge in [-0.25, -0.2) is 4.79 Å². The van der Waals surface area contributed by atoms with Gasteiger partial charge in [-0.1, -0.05) is 12.7 Å². The third kappa shape index (κ3) is 2.25. The largest absolute Gasteiger partial charge is 0.508 e. The number of cyclic esters (lactones) is 2. The van der Waals surface area contributed by atoms with Crippen molar-refractivity contribution >= 4 is 12.1 Å². The van der Waals surface area contributed by atoms with Crippen LogP contribution in [0.2, 0.25) is 0 Å². The molecule has 1 saturated heterocycles. The Hall–Kier alpha value is -1.52. The summed E-state index contributed by atoms with van der Waals surface area (Å²) in [4.78, 5) is 10.6. The van der Waals surface area contributed by atoms with Gasteiger partial charge < -0.3 is 14.2 Å². The topological polar surface area (TPSA) is 68.6 Å². The second-order valence-corrected chi connectivity index (χ2v) is 3.32. The lowest BCUT2D eigenvalue weighted by Crippen LogP contribution is -2.43. The van der Waals surface area contributed by atoms with Crippen molar-refractivity contribution in [3.05, 3.63) is 12.7 Å². The van der Waals surface area contributed by atoms with Gasteiger partial charge in [-0.2, -0.15) is 0 Å². The Balaban J connectivity index is 2.52. The lowest BCUT2D eigenvalue weighted by Gasteiger charge is -2.31. The minimum Gasteiger partial charge on any atom is -0.476 e. The first-order chi connectivity index (χ1) is 6.58. The van der Waals surface area contributed by atoms with Gasteiger partial charge >= 0.3 is 6.16 Å². The van der Waals surface area contributed by atoms with Gasteiger partial charge in [0.15, 0.2) is 5.90 Å². The van der Waals surface area contributed by atoms with Crippen LogP contribution < -0.4 is 0 Å². The van der Waals surface area contributed by atoms with Crippen LogP contribution in [-0.4, -0.2) is 31.9 Å². The van der Waals surface area contributed by atoms with Crippen LogP contribution in [0.4, 0.5) is 4.79 Å². The quantitative estimate of drug-likeness (QED) is 0.322. The van der Waals surface area contributed by atoms with Gasteiger partial charge in [0, 0.05) is 0 Å². The molecule has 1 aliphatic heterocycles. The summed E-state index contributed by atoms with van der Waals surface area (Å²) in [5, 5.41) is 7.61. The molecule has 0 amide bonds. The van der Waals surface area contributed by atoms with E-state index in [2.05, 4.69) is 16.1 Å². The van der Waals surface area contributed by atoms with Gasteiger partial charge in [-0.3, -0.25) is 5.41 Å². The van der Waals surface area contributed by atoms with Gasteiger partial charge in [-0.15, -0.1) is 0 Å². The van der Waals surface area contributed by atoms with Crippen molar-refractivity contribution in [2.75, 3.05) is 19.8 Å². The average Bonchev–Trinajstić information content (AvgIpc) is 2.19. The van der Waals surface area contributed by atoms with Gasteiger partial charge in [0.25, 0.3) is 0 Å². The molecule has 0 atom stereocenters. The van der Waals surface area contributed by atoms with Crippen LogP contribution >= 0.6 is 0 Å². The fourth-order valence-electron chi connectivity index (χ4n) is 0.967. The summed E-state index contributed by atoms with van der Waals surface area (Å²) in [7, 11) is 0. The SMILES string of the molecule is C=CCOC(=N)C1(C)COC(=O)OC1. The predicted octanol–water partition coefficient (Wildman–Crippen LogP) is 1.34. The number of hydrogen-bond acceptors (Lipinski definition) is 5. The lowest BCUT2D eigenvalue weighted by molar-refractivity contribution is -0.0332. The summed E-state index contributed by atoms with van der Waals surface area (Å²) >= 11 is 0. The molecule has 0 aromatic carbocycles. The molecule has 14 heavy (non-hydrogen) atoms. The molecule has 1 N–H and O–H groups in total. The van der Waals surface area contributed by atoms with Crippen molar-refractivity contribution in [1.82, 2.24) is 0 Å². The molecule has 0 unspecified atom stereocenters. The minimum absolute atomic E-state index is 0.0462. The number of nitrogens with one attached hydrogen (secondary N) is 1. The molecule has 0 aromatic heterocycles. The molecule has 5 nitrogen and oxygen atoms in total. The highest BCUT2D eigenvalue weighted by Gasteiger charge is 2.38. The molecule has 1 rings (SSSR count). The smallest absolute Gasteiger partial charge is 0.476 e. The van der Waals surface area contributed by atoms with Crippen LogP contribution in [0.1, 0.15) is 6.92 Å². The zero-order valence-corrected chi connectivity index (χ0v) is 8.04. The first-order valence-corrected chi connectivity index (χ1v) is 4.21. The van der Waals surface area contributed by atoms with E-state index in [1.54, 1.807) is 13.0 Å². The van der Waals surface area contributed by atoms with E-state index in [-0.39, 0.29) is 25.7 Å². The maximum absolute atomic E-state index is 10.6. The normalized spacial score (nSPS) is 19.1. The summed E-state index contributed by atoms with van der Waals surface area (Å²) in [6.07, 6.45) is 0.854. The monoisotopic (exact) mass is 199 g/mol. The molecule has 78 valence electrons. The van der Waals surface area contributed by atoms with Crippen molar-refractivity contribution in [2.45, 2.75) is 6.92 Å². The highest BCUT2D eigenvalue weighted by atomic mass is 16.7. The second-order valence-electron chi connectivity index (χ2n) is 3.32. The van der Waals surface area contributed by atoms with Crippen molar-refractivity contribution in [3.8, 4) is 0 Å². The van der Waals surface area contributed by atoms with Crippen LogP contribution in [0.3, 0.4) is 0 Å². The van der Waals surface area contributed by atoms with Crippen molar-refractivity contribution in [3.63, 3.8) is 0 Å². The van der Waals surface area contributed by atoms with Crippen LogP contribution in [-0.2, 0) is 14.2 Å². The second kappa shape index (κ2) is 4.13. The van der Waals surface area contributed by atoms with Gasteiger partial charge in [0.1, 0.15) is 25.2 Å². The van der Waals surface area contributed by atoms with Gasteiger partial charge in [-0.05, 0) is 6.92 Å². The van der Waals surface area contributed by atoms with Crippen molar-refractivity contribution in [2.24, 2.45) is 5.41 Å². The summed E-state index contributed by atoms with van der Waals surface area (Å²) in [5.74, 6) is 0.0462. The number of hydrogen-bond donors (Lipinski definition) is 1. The first-order valence-electron chi connectivity index (χ1n) is 4.21. The molecule has 1 heterocycles. The Labute approximate surface area is 82.2 Å². The Morgan fingerprint density at radius 3 is 2.79 bits per heavy atom. The highest BCUT2D eigenvalue weighted by molar-refractivity contribution is 5.81. The molecule has 1 fully saturated rings. The number of ether oxygens (including phenoxy) is 3. The number of carbonyl (C=O) groups excluding carboxylic acids is 1. The summed E-state index contributed by atoms with van der Waals surface area (Å²) in [6.45, 7) is 5.71. The molecular formula is C9H13NO4. The van der Waals surface area contributed by atoms with Crippen LogP contribution in [0.5, 0.6) is 0 Å². The maximum atomic E-state index is 10.6. The van der Waals surface area contributed by atoms with E-state index in [0.29, 0.717) is 0 Å². The summed E-state index contributed by atoms with van der Waals surface area (Å²) in [6, 6.07) is 0. The van der Waals surface area contributed by atoms with Crippen molar-refractivity contribution < 1.29 is 19.0 Å². The van der Waals surface area contributed by atoms with E-state index in [9.17, 15) is 4.79 Å². The van der Waals surface area contributed by atoms with Crippen LogP contribution in [0, 0.1) is 10.8 Å². The third-order valence-electron chi connectivity index (χ3n) is 1.91. The lowest BCUT2D eigenvalue weighted by atomic mass is 9.92.